The summed E-state index contributed by atoms with van der Waals surface area (Å²) in [6.07, 6.45) is 0. The van der Waals surface area contributed by atoms with Crippen LogP contribution >= 0.6 is 0 Å². The predicted octanol–water partition coefficient (Wildman–Crippen LogP) is 3.84. The molecule has 0 aliphatic carbocycles. The monoisotopic (exact) mass is 479 g/mol. The maximum Gasteiger partial charge on any atom is 0.762 e. The summed E-state index contributed by atoms with van der Waals surface area (Å²) in [5.41, 5.74) is 5.50. The van der Waals surface area contributed by atoms with E-state index in [1.54, 1.807) is 14.2 Å². The summed E-state index contributed by atoms with van der Waals surface area (Å²) in [6.45, 7) is 0. The van der Waals surface area contributed by atoms with Crippen molar-refractivity contribution in [3.8, 4) is 28.3 Å². The van der Waals surface area contributed by atoms with Gasteiger partial charge in [-0.25, -0.2) is 0 Å². The molecule has 0 radical (unpaired) electrons. The predicted molar refractivity (Wildman–Crippen MR) is 131 cm³/mol. The maximum absolute atomic E-state index is 9.67. The van der Waals surface area contributed by atoms with E-state index < -0.39 is 7.54 Å². The molecule has 8 heteroatoms. The minimum absolute atomic E-state index is 0. The van der Waals surface area contributed by atoms with Gasteiger partial charge in [-0.15, -0.1) is 0 Å². The lowest BCUT2D eigenvalue weighted by Crippen LogP contribution is -3.00. The molecule has 178 valence electrons. The van der Waals surface area contributed by atoms with Crippen molar-refractivity contribution < 1.29 is 31.7 Å². The molecule has 0 saturated heterocycles. The van der Waals surface area contributed by atoms with E-state index >= 15 is 0 Å². The second-order valence-corrected chi connectivity index (χ2v) is 7.37. The van der Waals surface area contributed by atoms with Crippen molar-refractivity contribution >= 4 is 29.3 Å². The zero-order valence-corrected chi connectivity index (χ0v) is 19.1. The highest BCUT2D eigenvalue weighted by molar-refractivity contribution is 6.33. The fourth-order valence-corrected chi connectivity index (χ4v) is 4.26. The molecular formula is C27H22BF4NO2. The van der Waals surface area contributed by atoms with Crippen LogP contribution in [0.5, 0.6) is 11.5 Å². The van der Waals surface area contributed by atoms with E-state index in [-0.39, 0.29) is 4.70 Å². The molecule has 0 atom stereocenters. The molecule has 3 nitrogen and oxygen atoms in total. The number of para-hydroxylation sites is 1. The number of hydrogen-bond acceptors (Lipinski definition) is 2. The van der Waals surface area contributed by atoms with Crippen LogP contribution in [0.4, 0.5) is 12.9 Å². The van der Waals surface area contributed by atoms with Crippen molar-refractivity contribution in [2.75, 3.05) is 14.2 Å². The summed E-state index contributed by atoms with van der Waals surface area (Å²) >= 11 is 0. The third-order valence-corrected chi connectivity index (χ3v) is 5.51. The first kappa shape index (κ1) is 25.6. The largest absolute Gasteiger partial charge is 1.00 e. The maximum atomic E-state index is 9.67. The molecule has 0 aliphatic heterocycles. The number of halogens is 4. The lowest BCUT2D eigenvalue weighted by Gasteiger charge is -2.16. The van der Waals surface area contributed by atoms with Gasteiger partial charge < -0.3 is 14.2 Å². The molecule has 5 aromatic rings. The van der Waals surface area contributed by atoms with E-state index in [1.807, 2.05) is 36.4 Å². The molecular weight excluding hydrogens is 457 g/mol. The molecule has 35 heavy (non-hydrogen) atoms. The Morgan fingerprint density at radius 1 is 0.600 bits per heavy atom. The van der Waals surface area contributed by atoms with Gasteiger partial charge in [0.25, 0.3) is 0 Å². The SMILES string of the molecule is COc1cccc2c1c(-c1ccccc1)c1c(OC)cccc1[n+]2-c1ccccc1.FB(F)F.[F-]. The Kier molecular flexibility index (Phi) is 8.31. The van der Waals surface area contributed by atoms with E-state index in [0.29, 0.717) is 0 Å². The molecule has 4 aromatic carbocycles. The van der Waals surface area contributed by atoms with Crippen LogP contribution in [0.1, 0.15) is 0 Å². The number of methoxy groups -OCH3 is 2. The third-order valence-electron chi connectivity index (χ3n) is 5.51. The summed E-state index contributed by atoms with van der Waals surface area (Å²) in [6, 6.07) is 33.3. The fourth-order valence-electron chi connectivity index (χ4n) is 4.26. The van der Waals surface area contributed by atoms with Crippen molar-refractivity contribution in [1.29, 1.82) is 0 Å². The number of ether oxygens (including phenoxy) is 2. The first-order chi connectivity index (χ1) is 16.6. The molecule has 0 aliphatic rings. The number of aromatic nitrogens is 1. The number of pyridine rings is 1. The molecule has 0 bridgehead atoms. The van der Waals surface area contributed by atoms with E-state index in [1.165, 1.54) is 0 Å². The molecule has 1 aromatic heterocycles. The highest BCUT2D eigenvalue weighted by Crippen LogP contribution is 2.42. The van der Waals surface area contributed by atoms with Crippen LogP contribution in [0, 0.1) is 0 Å². The zero-order chi connectivity index (χ0) is 24.1. The van der Waals surface area contributed by atoms with Crippen LogP contribution in [0.25, 0.3) is 38.6 Å². The van der Waals surface area contributed by atoms with E-state index in [9.17, 15) is 12.9 Å². The zero-order valence-electron chi connectivity index (χ0n) is 19.1. The normalized spacial score (nSPS) is 10.2. The van der Waals surface area contributed by atoms with Crippen molar-refractivity contribution in [2.24, 2.45) is 0 Å². The van der Waals surface area contributed by atoms with Gasteiger partial charge in [-0.2, -0.15) is 4.57 Å². The smallest absolute Gasteiger partial charge is 0.762 e. The second-order valence-electron chi connectivity index (χ2n) is 7.37. The van der Waals surface area contributed by atoms with E-state index in [4.69, 9.17) is 9.47 Å². The molecule has 0 spiro atoms. The van der Waals surface area contributed by atoms with Crippen LogP contribution in [-0.2, 0) is 0 Å². The van der Waals surface area contributed by atoms with Gasteiger partial charge in [0, 0.05) is 29.8 Å². The number of fused-ring (bicyclic) bond motifs is 2. The van der Waals surface area contributed by atoms with Gasteiger partial charge >= 0.3 is 7.54 Å². The highest BCUT2D eigenvalue weighted by Gasteiger charge is 2.27. The third kappa shape index (κ3) is 5.06. The molecule has 1 heterocycles. The average Bonchev–Trinajstić information content (AvgIpc) is 2.87. The van der Waals surface area contributed by atoms with Crippen LogP contribution in [0.15, 0.2) is 97.1 Å². The van der Waals surface area contributed by atoms with Gasteiger partial charge in [0.05, 0.1) is 25.0 Å². The Balaban J connectivity index is 0.000000638. The van der Waals surface area contributed by atoms with Crippen molar-refractivity contribution in [2.45, 2.75) is 0 Å². The topological polar surface area (TPSA) is 22.3 Å². The summed E-state index contributed by atoms with van der Waals surface area (Å²) in [4.78, 5) is 0. The summed E-state index contributed by atoms with van der Waals surface area (Å²) in [7, 11) is -0.217. The van der Waals surface area contributed by atoms with E-state index in [0.717, 1.165) is 50.1 Å². The Labute approximate surface area is 200 Å². The Morgan fingerprint density at radius 2 is 1.03 bits per heavy atom. The van der Waals surface area contributed by atoms with Gasteiger partial charge in [0.1, 0.15) is 11.5 Å². The van der Waals surface area contributed by atoms with Crippen LogP contribution in [-0.4, -0.2) is 21.8 Å². The summed E-state index contributed by atoms with van der Waals surface area (Å²) < 4.78 is 43.0. The molecule has 0 amide bonds. The minimum Gasteiger partial charge on any atom is -1.00 e. The average molecular weight is 479 g/mol. The Hall–Kier alpha value is -4.07. The van der Waals surface area contributed by atoms with Crippen LogP contribution in [0.3, 0.4) is 0 Å². The molecule has 0 N–H and O–H groups in total. The van der Waals surface area contributed by atoms with Crippen molar-refractivity contribution in [3.63, 3.8) is 0 Å². The lowest BCUT2D eigenvalue weighted by atomic mass is 9.94. The number of rotatable bonds is 4. The van der Waals surface area contributed by atoms with Gasteiger partial charge in [0.2, 0.25) is 16.7 Å². The summed E-state index contributed by atoms with van der Waals surface area (Å²) in [5, 5.41) is 2.12. The standard InChI is InChI=1S/C27H22NO2.BF3.FH/c1-29-23-17-9-15-21-26(23)25(19-11-5-3-6-12-19)27-22(16-10-18-24(27)30-2)28(21)20-13-7-4-8-14-20;2-1(3)4;/h3-18H,1-2H3;;1H/q+1;;/p-1. The molecule has 0 saturated carbocycles. The first-order valence-electron chi connectivity index (χ1n) is 10.6. The van der Waals surface area contributed by atoms with Crippen LogP contribution < -0.4 is 18.7 Å². The van der Waals surface area contributed by atoms with Gasteiger partial charge in [-0.1, -0.05) is 60.7 Å². The lowest BCUT2D eigenvalue weighted by molar-refractivity contribution is -0.537. The van der Waals surface area contributed by atoms with Crippen LogP contribution in [0.2, 0.25) is 0 Å². The molecule has 0 fully saturated rings. The quantitative estimate of drug-likeness (QED) is 0.169. The second kappa shape index (κ2) is 11.4. The Morgan fingerprint density at radius 3 is 1.46 bits per heavy atom. The number of hydrogen-bond donors (Lipinski definition) is 0. The van der Waals surface area contributed by atoms with Gasteiger partial charge in [-0.05, 0) is 17.7 Å². The highest BCUT2D eigenvalue weighted by atomic mass is 19.4. The Bertz CT molecular complexity index is 1350. The molecule has 5 rings (SSSR count). The molecule has 0 unspecified atom stereocenters. The summed E-state index contributed by atoms with van der Waals surface area (Å²) in [5.74, 6) is 1.67. The number of nitrogens with zero attached hydrogens (tertiary/aromatic N) is 1. The van der Waals surface area contributed by atoms with Gasteiger partial charge in [0.15, 0.2) is 0 Å². The van der Waals surface area contributed by atoms with Crippen molar-refractivity contribution in [1.82, 2.24) is 0 Å². The van der Waals surface area contributed by atoms with Gasteiger partial charge in [-0.3, -0.25) is 12.9 Å². The fraction of sp³-hybridized carbons (Fsp3) is 0.0741. The first-order valence-corrected chi connectivity index (χ1v) is 10.6. The number of benzene rings is 4. The minimum atomic E-state index is -3.67. The van der Waals surface area contributed by atoms with Crippen molar-refractivity contribution in [3.05, 3.63) is 97.1 Å². The van der Waals surface area contributed by atoms with E-state index in [2.05, 4.69) is 65.2 Å².